The predicted molar refractivity (Wildman–Crippen MR) is 104 cm³/mol. The van der Waals surface area contributed by atoms with Crippen molar-refractivity contribution in [2.45, 2.75) is 45.8 Å². The molecule has 0 unspecified atom stereocenters. The van der Waals surface area contributed by atoms with Crippen LogP contribution < -0.4 is 0 Å². The fraction of sp³-hybridized carbons (Fsp3) is 0.421. The molecule has 1 aromatic carbocycles. The summed E-state index contributed by atoms with van der Waals surface area (Å²) in [6.07, 6.45) is 0. The second-order valence-electron chi connectivity index (χ2n) is 7.70. The topological polar surface area (TPSA) is 20.3 Å². The highest BCUT2D eigenvalue weighted by atomic mass is 28.3. The summed E-state index contributed by atoms with van der Waals surface area (Å²) in [4.78, 5) is 14.2. The lowest BCUT2D eigenvalue weighted by Crippen LogP contribution is -2.31. The van der Waals surface area contributed by atoms with Gasteiger partial charge in [-0.1, -0.05) is 75.5 Å². The third-order valence-corrected chi connectivity index (χ3v) is 4.58. The molecule has 0 fully saturated rings. The van der Waals surface area contributed by atoms with E-state index in [2.05, 4.69) is 62.2 Å². The maximum atomic E-state index is 12.5. The lowest BCUT2D eigenvalue weighted by atomic mass is 10.2. The summed E-state index contributed by atoms with van der Waals surface area (Å²) in [7, 11) is -2.98. The molecule has 0 N–H and O–H groups in total. The number of carbonyl (C=O) groups excluding carboxylic acids is 1. The number of nitrogens with zero attached hydrogens (tertiary/aromatic N) is 1. The second kappa shape index (κ2) is 8.20. The van der Waals surface area contributed by atoms with Crippen LogP contribution in [0.25, 0.3) is 0 Å². The average molecular weight is 342 g/mol. The van der Waals surface area contributed by atoms with Crippen molar-refractivity contribution in [3.8, 4) is 22.9 Å². The Balaban J connectivity index is 2.93. The lowest BCUT2D eigenvalue weighted by Gasteiger charge is -2.18. The van der Waals surface area contributed by atoms with Crippen LogP contribution in [0.4, 0.5) is 0 Å². The molecule has 1 rings (SSSR count). The van der Waals surface area contributed by atoms with Crippen LogP contribution in [0.3, 0.4) is 0 Å². The molecule has 0 aliphatic heterocycles. The van der Waals surface area contributed by atoms with Gasteiger partial charge in [0.2, 0.25) is 0 Å². The van der Waals surface area contributed by atoms with Crippen LogP contribution in [0.15, 0.2) is 30.3 Å². The Morgan fingerprint density at radius 2 is 1.52 bits per heavy atom. The van der Waals surface area contributed by atoms with E-state index in [-0.39, 0.29) is 5.91 Å². The van der Waals surface area contributed by atoms with Crippen LogP contribution in [-0.4, -0.2) is 33.5 Å². The highest BCUT2D eigenvalue weighted by molar-refractivity contribution is 6.84. The Morgan fingerprint density at radius 3 is 2.04 bits per heavy atom. The zero-order valence-electron chi connectivity index (χ0n) is 15.2. The van der Waals surface area contributed by atoms with Crippen molar-refractivity contribution in [2.24, 2.45) is 0 Å². The molecule has 23 heavy (non-hydrogen) atoms. The van der Waals surface area contributed by atoms with Gasteiger partial charge in [-0.2, -0.15) is 0 Å². The largest absolute Gasteiger partial charge is 0.316 e. The van der Waals surface area contributed by atoms with E-state index in [0.29, 0.717) is 13.1 Å². The van der Waals surface area contributed by atoms with E-state index in [1.807, 2.05) is 30.3 Å². The summed E-state index contributed by atoms with van der Waals surface area (Å²) in [5, 5.41) is 0. The smallest absolute Gasteiger partial charge is 0.298 e. The van der Waals surface area contributed by atoms with E-state index in [9.17, 15) is 4.79 Å². The van der Waals surface area contributed by atoms with Crippen molar-refractivity contribution in [2.75, 3.05) is 6.54 Å². The van der Waals surface area contributed by atoms with Crippen molar-refractivity contribution >= 4 is 22.1 Å². The maximum Gasteiger partial charge on any atom is 0.298 e. The number of amides is 1. The minimum Gasteiger partial charge on any atom is -0.316 e. The highest BCUT2D eigenvalue weighted by Crippen LogP contribution is 2.05. The standard InChI is InChI=1S/C19H27NOSi2/c1-22(2,3)15-10-14-20(17-18-11-8-7-9-12-18)19(21)13-16-23(4,5)6/h7-9,11-12H,14,17H2,1-6H3. The molecular weight excluding hydrogens is 314 g/mol. The molecule has 0 atom stereocenters. The highest BCUT2D eigenvalue weighted by Gasteiger charge is 2.14. The summed E-state index contributed by atoms with van der Waals surface area (Å²) in [6, 6.07) is 10.0. The summed E-state index contributed by atoms with van der Waals surface area (Å²) in [6.45, 7) is 14.0. The van der Waals surface area contributed by atoms with Crippen molar-refractivity contribution in [1.29, 1.82) is 0 Å². The lowest BCUT2D eigenvalue weighted by molar-refractivity contribution is -0.125. The van der Waals surface area contributed by atoms with Crippen molar-refractivity contribution < 1.29 is 4.79 Å². The van der Waals surface area contributed by atoms with Gasteiger partial charge in [0.25, 0.3) is 5.91 Å². The average Bonchev–Trinajstić information content (AvgIpc) is 2.43. The number of carbonyl (C=O) groups is 1. The van der Waals surface area contributed by atoms with Crippen LogP contribution in [-0.2, 0) is 11.3 Å². The number of rotatable bonds is 3. The third-order valence-electron chi connectivity index (χ3n) is 2.78. The summed E-state index contributed by atoms with van der Waals surface area (Å²) < 4.78 is 0. The van der Waals surface area contributed by atoms with Crippen molar-refractivity contribution in [3.63, 3.8) is 0 Å². The minimum atomic E-state index is -1.56. The van der Waals surface area contributed by atoms with Crippen LogP contribution >= 0.6 is 0 Å². The van der Waals surface area contributed by atoms with E-state index in [1.165, 1.54) is 0 Å². The van der Waals surface area contributed by atoms with E-state index in [1.54, 1.807) is 4.90 Å². The van der Waals surface area contributed by atoms with Crippen LogP contribution in [0.5, 0.6) is 0 Å². The quantitative estimate of drug-likeness (QED) is 0.605. The fourth-order valence-corrected chi connectivity index (χ4v) is 2.81. The third kappa shape index (κ3) is 9.08. The van der Waals surface area contributed by atoms with E-state index in [0.717, 1.165) is 5.56 Å². The molecule has 0 radical (unpaired) electrons. The molecular formula is C19H27NOSi2. The van der Waals surface area contributed by atoms with Gasteiger partial charge in [0.15, 0.2) is 0 Å². The van der Waals surface area contributed by atoms with Gasteiger partial charge in [-0.3, -0.25) is 4.79 Å². The first kappa shape index (κ1) is 19.3. The predicted octanol–water partition coefficient (Wildman–Crippen LogP) is 3.78. The van der Waals surface area contributed by atoms with Gasteiger partial charge in [0, 0.05) is 6.54 Å². The van der Waals surface area contributed by atoms with E-state index >= 15 is 0 Å². The number of hydrogen-bond acceptors (Lipinski definition) is 1. The van der Waals surface area contributed by atoms with Crippen molar-refractivity contribution in [1.82, 2.24) is 4.90 Å². The molecule has 1 amide bonds. The SMILES string of the molecule is C[Si](C)(C)C#CCN(Cc1ccccc1)C(=O)C#C[Si](C)(C)C. The molecule has 0 aliphatic carbocycles. The molecule has 0 saturated heterocycles. The first-order chi connectivity index (χ1) is 10.6. The van der Waals surface area contributed by atoms with Gasteiger partial charge in [0.1, 0.15) is 16.1 Å². The van der Waals surface area contributed by atoms with Crippen molar-refractivity contribution in [3.05, 3.63) is 35.9 Å². The molecule has 0 saturated carbocycles. The minimum absolute atomic E-state index is 0.124. The van der Waals surface area contributed by atoms with Crippen LogP contribution in [0, 0.1) is 22.9 Å². The fourth-order valence-electron chi connectivity index (χ4n) is 1.72. The number of benzene rings is 1. The Labute approximate surface area is 143 Å². The normalized spacial score (nSPS) is 10.9. The van der Waals surface area contributed by atoms with Crippen LogP contribution in [0.2, 0.25) is 39.3 Å². The zero-order chi connectivity index (χ0) is 17.5. The molecule has 0 heterocycles. The Hall–Kier alpha value is -1.76. The van der Waals surface area contributed by atoms with E-state index in [4.69, 9.17) is 0 Å². The Morgan fingerprint density at radius 1 is 0.957 bits per heavy atom. The number of hydrogen-bond donors (Lipinski definition) is 0. The first-order valence-corrected chi connectivity index (χ1v) is 14.9. The molecule has 0 spiro atoms. The van der Waals surface area contributed by atoms with Gasteiger partial charge in [-0.05, 0) is 11.5 Å². The summed E-state index contributed by atoms with van der Waals surface area (Å²) in [5.74, 6) is 5.89. The zero-order valence-corrected chi connectivity index (χ0v) is 17.2. The molecule has 1 aromatic rings. The van der Waals surface area contributed by atoms with Crippen LogP contribution in [0.1, 0.15) is 5.56 Å². The first-order valence-electron chi connectivity index (χ1n) is 7.93. The molecule has 0 bridgehead atoms. The molecule has 4 heteroatoms. The van der Waals surface area contributed by atoms with Gasteiger partial charge in [-0.25, -0.2) is 0 Å². The molecule has 0 aromatic heterocycles. The Bertz CT molecular complexity index is 646. The van der Waals surface area contributed by atoms with Gasteiger partial charge < -0.3 is 4.90 Å². The summed E-state index contributed by atoms with van der Waals surface area (Å²) in [5.41, 5.74) is 7.58. The second-order valence-corrected chi connectivity index (χ2v) is 17.2. The molecule has 122 valence electrons. The van der Waals surface area contributed by atoms with E-state index < -0.39 is 16.1 Å². The summed E-state index contributed by atoms with van der Waals surface area (Å²) >= 11 is 0. The Kier molecular flexibility index (Phi) is 6.87. The maximum absolute atomic E-state index is 12.5. The van der Waals surface area contributed by atoms with Gasteiger partial charge in [-0.15, -0.1) is 11.1 Å². The van der Waals surface area contributed by atoms with Gasteiger partial charge in [0.05, 0.1) is 6.54 Å². The monoisotopic (exact) mass is 341 g/mol. The molecule has 0 aliphatic rings. The van der Waals surface area contributed by atoms with Gasteiger partial charge >= 0.3 is 0 Å². The molecule has 2 nitrogen and oxygen atoms in total.